The van der Waals surface area contributed by atoms with Gasteiger partial charge in [-0.1, -0.05) is 30.9 Å². The summed E-state index contributed by atoms with van der Waals surface area (Å²) in [7, 11) is 0. The van der Waals surface area contributed by atoms with Crippen molar-refractivity contribution in [1.29, 1.82) is 0 Å². The van der Waals surface area contributed by atoms with E-state index < -0.39 is 0 Å². The molecule has 0 unspecified atom stereocenters. The largest absolute Gasteiger partial charge is 0.481 e. The average Bonchev–Trinajstić information content (AvgIpc) is 2.33. The second-order valence-electron chi connectivity index (χ2n) is 3.78. The van der Waals surface area contributed by atoms with Gasteiger partial charge in [-0.25, -0.2) is 0 Å². The van der Waals surface area contributed by atoms with Gasteiger partial charge in [0.1, 0.15) is 12.4 Å². The Morgan fingerprint density at radius 3 is 2.89 bits per heavy atom. The molecule has 1 aromatic rings. The van der Waals surface area contributed by atoms with Crippen LogP contribution in [0.5, 0.6) is 5.75 Å². The highest BCUT2D eigenvalue weighted by Crippen LogP contribution is 2.22. The van der Waals surface area contributed by atoms with Crippen molar-refractivity contribution >= 4 is 24.0 Å². The normalized spacial score (nSPS) is 9.39. The third-order valence-corrected chi connectivity index (χ3v) is 2.59. The summed E-state index contributed by atoms with van der Waals surface area (Å²) in [5, 5.41) is 4.07. The van der Waals surface area contributed by atoms with Gasteiger partial charge >= 0.3 is 0 Å². The molecule has 0 spiro atoms. The highest BCUT2D eigenvalue weighted by atomic mass is 35.5. The molecule has 0 aliphatic heterocycles. The second kappa shape index (κ2) is 10.1. The van der Waals surface area contributed by atoms with Crippen molar-refractivity contribution in [2.45, 2.75) is 26.3 Å². The maximum atomic E-state index is 5.97. The molecule has 0 aromatic heterocycles. The maximum absolute atomic E-state index is 5.97. The van der Waals surface area contributed by atoms with E-state index in [2.05, 4.69) is 18.2 Å². The Morgan fingerprint density at radius 1 is 1.44 bits per heavy atom. The molecule has 4 heteroatoms. The summed E-state index contributed by atoms with van der Waals surface area (Å²) < 4.78 is 5.46. The molecule has 1 aromatic carbocycles. The lowest BCUT2D eigenvalue weighted by Crippen LogP contribution is -2.15. The molecular formula is C14H19Cl2NO. The van der Waals surface area contributed by atoms with Crippen molar-refractivity contribution in [3.63, 3.8) is 0 Å². The summed E-state index contributed by atoms with van der Waals surface area (Å²) in [5.41, 5.74) is 1.05. The van der Waals surface area contributed by atoms with Crippen LogP contribution in [-0.2, 0) is 6.54 Å². The van der Waals surface area contributed by atoms with Crippen molar-refractivity contribution in [2.75, 3.05) is 13.2 Å². The lowest BCUT2D eigenvalue weighted by atomic mass is 10.2. The molecule has 0 saturated heterocycles. The molecule has 0 heterocycles. The monoisotopic (exact) mass is 287 g/mol. The summed E-state index contributed by atoms with van der Waals surface area (Å²) in [5.74, 6) is 3.26. The van der Waals surface area contributed by atoms with Crippen LogP contribution in [0.1, 0.15) is 25.3 Å². The second-order valence-corrected chi connectivity index (χ2v) is 4.21. The summed E-state index contributed by atoms with van der Waals surface area (Å²) in [6.45, 7) is 4.20. The predicted octanol–water partition coefficient (Wildman–Crippen LogP) is 3.66. The Kier molecular flexibility index (Phi) is 9.59. The minimum Gasteiger partial charge on any atom is -0.481 e. The number of hydrogen-bond donors (Lipinski definition) is 1. The molecule has 0 atom stereocenters. The molecule has 0 saturated carbocycles. The Labute approximate surface area is 120 Å². The van der Waals surface area contributed by atoms with Crippen LogP contribution in [0.25, 0.3) is 0 Å². The zero-order chi connectivity index (χ0) is 12.5. The highest BCUT2D eigenvalue weighted by Gasteiger charge is 2.04. The number of rotatable bonds is 7. The predicted molar refractivity (Wildman–Crippen MR) is 79.6 cm³/mol. The first kappa shape index (κ1) is 17.1. The topological polar surface area (TPSA) is 21.3 Å². The minimum atomic E-state index is 0. The van der Waals surface area contributed by atoms with Crippen LogP contribution >= 0.6 is 24.0 Å². The van der Waals surface area contributed by atoms with E-state index in [1.54, 1.807) is 0 Å². The molecule has 0 bridgehead atoms. The van der Waals surface area contributed by atoms with Gasteiger partial charge in [0.2, 0.25) is 0 Å². The van der Waals surface area contributed by atoms with Gasteiger partial charge in [-0.3, -0.25) is 0 Å². The maximum Gasteiger partial charge on any atom is 0.148 e. The summed E-state index contributed by atoms with van der Waals surface area (Å²) in [4.78, 5) is 0. The Balaban J connectivity index is 0.00000289. The van der Waals surface area contributed by atoms with Crippen LogP contribution in [0.3, 0.4) is 0 Å². The molecule has 2 nitrogen and oxygen atoms in total. The molecule has 18 heavy (non-hydrogen) atoms. The molecule has 0 aliphatic carbocycles. The van der Waals surface area contributed by atoms with Crippen LogP contribution in [-0.4, -0.2) is 13.2 Å². The lowest BCUT2D eigenvalue weighted by Gasteiger charge is -2.11. The standard InChI is InChI=1S/C14H18ClNO.ClH/c1-3-5-8-16-11-12-10-13(15)6-7-14(12)17-9-4-2;/h2,6-7,10,16H,3,5,8-9,11H2,1H3;1H. The fraction of sp³-hybridized carbons (Fsp3) is 0.429. The van der Waals surface area contributed by atoms with Gasteiger partial charge in [0.05, 0.1) is 0 Å². The number of ether oxygens (including phenoxy) is 1. The number of terminal acetylenes is 1. The quantitative estimate of drug-likeness (QED) is 0.610. The molecule has 0 aliphatic rings. The van der Waals surface area contributed by atoms with Gasteiger partial charge < -0.3 is 10.1 Å². The van der Waals surface area contributed by atoms with Crippen LogP contribution in [0, 0.1) is 12.3 Å². The Bertz CT molecular complexity index is 388. The van der Waals surface area contributed by atoms with Crippen molar-refractivity contribution in [1.82, 2.24) is 5.32 Å². The van der Waals surface area contributed by atoms with Crippen molar-refractivity contribution in [2.24, 2.45) is 0 Å². The fourth-order valence-electron chi connectivity index (χ4n) is 1.47. The number of unbranched alkanes of at least 4 members (excludes halogenated alkanes) is 1. The van der Waals surface area contributed by atoms with E-state index in [1.807, 2.05) is 18.2 Å². The van der Waals surface area contributed by atoms with Gasteiger partial charge in [-0.2, -0.15) is 0 Å². The minimum absolute atomic E-state index is 0. The summed E-state index contributed by atoms with van der Waals surface area (Å²) in [6.07, 6.45) is 7.53. The van der Waals surface area contributed by atoms with E-state index in [1.165, 1.54) is 12.8 Å². The third kappa shape index (κ3) is 6.16. The van der Waals surface area contributed by atoms with Gasteiger partial charge in [0.15, 0.2) is 0 Å². The van der Waals surface area contributed by atoms with Crippen molar-refractivity contribution < 1.29 is 4.74 Å². The third-order valence-electron chi connectivity index (χ3n) is 2.36. The lowest BCUT2D eigenvalue weighted by molar-refractivity contribution is 0.365. The highest BCUT2D eigenvalue weighted by molar-refractivity contribution is 6.30. The molecule has 0 fully saturated rings. The fourth-order valence-corrected chi connectivity index (χ4v) is 1.67. The van der Waals surface area contributed by atoms with E-state index in [9.17, 15) is 0 Å². The smallest absolute Gasteiger partial charge is 0.148 e. The van der Waals surface area contributed by atoms with E-state index in [4.69, 9.17) is 22.8 Å². The Hall–Kier alpha value is -0.880. The zero-order valence-corrected chi connectivity index (χ0v) is 12.1. The molecular weight excluding hydrogens is 269 g/mol. The number of halogens is 2. The van der Waals surface area contributed by atoms with Crippen LogP contribution in [0.15, 0.2) is 18.2 Å². The van der Waals surface area contributed by atoms with E-state index in [-0.39, 0.29) is 19.0 Å². The van der Waals surface area contributed by atoms with Crippen LogP contribution in [0.4, 0.5) is 0 Å². The first-order chi connectivity index (χ1) is 8.27. The first-order valence-electron chi connectivity index (χ1n) is 5.83. The summed E-state index contributed by atoms with van der Waals surface area (Å²) in [6, 6.07) is 5.58. The molecule has 0 radical (unpaired) electrons. The number of nitrogens with one attached hydrogen (secondary N) is 1. The number of hydrogen-bond acceptors (Lipinski definition) is 2. The van der Waals surface area contributed by atoms with Gasteiger partial charge in [-0.15, -0.1) is 18.8 Å². The van der Waals surface area contributed by atoms with E-state index in [0.717, 1.165) is 24.4 Å². The molecule has 1 N–H and O–H groups in total. The van der Waals surface area contributed by atoms with Crippen LogP contribution < -0.4 is 10.1 Å². The molecule has 100 valence electrons. The van der Waals surface area contributed by atoms with E-state index in [0.29, 0.717) is 5.02 Å². The van der Waals surface area contributed by atoms with Crippen LogP contribution in [0.2, 0.25) is 5.02 Å². The molecule has 0 amide bonds. The van der Waals surface area contributed by atoms with Gasteiger partial charge in [0.25, 0.3) is 0 Å². The van der Waals surface area contributed by atoms with Gasteiger partial charge in [-0.05, 0) is 31.2 Å². The SMILES string of the molecule is C#CCOc1ccc(Cl)cc1CNCCCC.Cl. The zero-order valence-electron chi connectivity index (χ0n) is 10.5. The Morgan fingerprint density at radius 2 is 2.22 bits per heavy atom. The van der Waals surface area contributed by atoms with E-state index >= 15 is 0 Å². The first-order valence-corrected chi connectivity index (χ1v) is 6.21. The van der Waals surface area contributed by atoms with Crippen molar-refractivity contribution in [3.05, 3.63) is 28.8 Å². The van der Waals surface area contributed by atoms with Gasteiger partial charge in [0, 0.05) is 17.1 Å². The summed E-state index contributed by atoms with van der Waals surface area (Å²) >= 11 is 5.97. The van der Waals surface area contributed by atoms with Crippen molar-refractivity contribution in [3.8, 4) is 18.1 Å². The molecule has 1 rings (SSSR count). The average molecular weight is 288 g/mol. The number of benzene rings is 1.